The van der Waals surface area contributed by atoms with Gasteiger partial charge in [0, 0.05) is 37.3 Å². The van der Waals surface area contributed by atoms with Gasteiger partial charge in [-0.25, -0.2) is 4.98 Å². The number of benzene rings is 1. The molecule has 128 valence electrons. The molecule has 0 saturated carbocycles. The smallest absolute Gasteiger partial charge is 0.261 e. The molecule has 6 nitrogen and oxygen atoms in total. The van der Waals surface area contributed by atoms with E-state index in [1.165, 1.54) is 23.0 Å². The summed E-state index contributed by atoms with van der Waals surface area (Å²) in [6.45, 7) is 1.21. The summed E-state index contributed by atoms with van der Waals surface area (Å²) in [5.74, 6) is 0.171. The van der Waals surface area contributed by atoms with Crippen LogP contribution in [0.15, 0.2) is 54.2 Å². The van der Waals surface area contributed by atoms with E-state index in [-0.39, 0.29) is 5.91 Å². The lowest BCUT2D eigenvalue weighted by Crippen LogP contribution is -2.26. The Hall–Kier alpha value is -2.93. The van der Waals surface area contributed by atoms with Crippen molar-refractivity contribution in [1.82, 2.24) is 14.9 Å². The molecule has 0 spiro atoms. The third-order valence-corrected chi connectivity index (χ3v) is 4.67. The third-order valence-electron chi connectivity index (χ3n) is 3.74. The summed E-state index contributed by atoms with van der Waals surface area (Å²) >= 11 is 1.21. The van der Waals surface area contributed by atoms with Gasteiger partial charge in [0.05, 0.1) is 10.4 Å². The van der Waals surface area contributed by atoms with E-state index >= 15 is 0 Å². The zero-order valence-electron chi connectivity index (χ0n) is 13.5. The number of carbonyl (C=O) groups is 2. The fourth-order valence-electron chi connectivity index (χ4n) is 2.45. The number of primary amides is 1. The number of carbonyl (C=O) groups excluding carboxylic acids is 2. The maximum Gasteiger partial charge on any atom is 0.261 e. The minimum Gasteiger partial charge on any atom is -0.366 e. The van der Waals surface area contributed by atoms with Crippen molar-refractivity contribution in [3.8, 4) is 0 Å². The zero-order chi connectivity index (χ0) is 17.6. The first-order valence-corrected chi connectivity index (χ1v) is 8.72. The summed E-state index contributed by atoms with van der Waals surface area (Å²) in [7, 11) is 0. The first-order chi connectivity index (χ1) is 12.1. The van der Waals surface area contributed by atoms with Gasteiger partial charge in [0.25, 0.3) is 5.91 Å². The number of aromatic nitrogens is 2. The van der Waals surface area contributed by atoms with Crippen molar-refractivity contribution < 1.29 is 9.59 Å². The quantitative estimate of drug-likeness (QED) is 0.680. The van der Waals surface area contributed by atoms with Gasteiger partial charge in [0.15, 0.2) is 0 Å². The highest BCUT2D eigenvalue weighted by atomic mass is 32.1. The van der Waals surface area contributed by atoms with Crippen molar-refractivity contribution in [2.75, 3.05) is 6.54 Å². The molecule has 2 heterocycles. The summed E-state index contributed by atoms with van der Waals surface area (Å²) in [4.78, 5) is 28.0. The average Bonchev–Trinajstić information content (AvgIpc) is 3.26. The highest BCUT2D eigenvalue weighted by Crippen LogP contribution is 2.14. The molecule has 1 aromatic carbocycles. The molecule has 0 fully saturated rings. The fraction of sp³-hybridized carbons (Fsp3) is 0.167. The van der Waals surface area contributed by atoms with Gasteiger partial charge in [-0.05, 0) is 11.6 Å². The van der Waals surface area contributed by atoms with E-state index in [4.69, 9.17) is 5.73 Å². The molecule has 3 aromatic rings. The fourth-order valence-corrected chi connectivity index (χ4v) is 3.26. The molecule has 0 atom stereocenters. The Kier molecular flexibility index (Phi) is 5.25. The molecular formula is C18H18N4O2S. The molecule has 0 unspecified atom stereocenters. The third kappa shape index (κ3) is 4.33. The highest BCUT2D eigenvalue weighted by molar-refractivity contribution is 7.12. The molecule has 0 aliphatic carbocycles. The summed E-state index contributed by atoms with van der Waals surface area (Å²) in [5.41, 5.74) is 6.75. The van der Waals surface area contributed by atoms with Crippen LogP contribution >= 0.6 is 11.3 Å². The van der Waals surface area contributed by atoms with Crippen molar-refractivity contribution in [2.24, 2.45) is 5.73 Å². The molecule has 2 aromatic heterocycles. The molecule has 3 N–H and O–H groups in total. The molecule has 0 aliphatic heterocycles. The largest absolute Gasteiger partial charge is 0.366 e. The van der Waals surface area contributed by atoms with E-state index in [0.29, 0.717) is 23.4 Å². The summed E-state index contributed by atoms with van der Waals surface area (Å²) in [5, 5.41) is 4.43. The van der Waals surface area contributed by atoms with Crippen molar-refractivity contribution in [2.45, 2.75) is 13.0 Å². The Morgan fingerprint density at radius 2 is 2.04 bits per heavy atom. The molecule has 25 heavy (non-hydrogen) atoms. The standard InChI is InChI=1S/C18H18N4O2S/c19-17(23)14-10-15(25-12-14)18(24)21-7-6-16-20-8-9-22(16)11-13-4-2-1-3-5-13/h1-5,8-10,12H,6-7,11H2,(H2,19,23)(H,21,24). The van der Waals surface area contributed by atoms with Crippen LogP contribution in [0.25, 0.3) is 0 Å². The monoisotopic (exact) mass is 354 g/mol. The van der Waals surface area contributed by atoms with Gasteiger partial charge in [-0.1, -0.05) is 30.3 Å². The topological polar surface area (TPSA) is 90.0 Å². The molecule has 3 rings (SSSR count). The predicted molar refractivity (Wildman–Crippen MR) is 96.6 cm³/mol. The summed E-state index contributed by atoms with van der Waals surface area (Å²) in [6, 6.07) is 11.7. The van der Waals surface area contributed by atoms with Crippen LogP contribution in [0, 0.1) is 0 Å². The number of amides is 2. The van der Waals surface area contributed by atoms with Gasteiger partial charge in [-0.2, -0.15) is 0 Å². The predicted octanol–water partition coefficient (Wildman–Crippen LogP) is 2.06. The van der Waals surface area contributed by atoms with Gasteiger partial charge < -0.3 is 15.6 Å². The van der Waals surface area contributed by atoms with Crippen LogP contribution in [0.1, 0.15) is 31.4 Å². The number of imidazole rings is 1. The Balaban J connectivity index is 1.54. The van der Waals surface area contributed by atoms with Crippen LogP contribution in [0.5, 0.6) is 0 Å². The van der Waals surface area contributed by atoms with Gasteiger partial charge >= 0.3 is 0 Å². The number of hydrogen-bond donors (Lipinski definition) is 2. The Labute approximate surface area is 149 Å². The van der Waals surface area contributed by atoms with Crippen LogP contribution in [0.3, 0.4) is 0 Å². The second kappa shape index (κ2) is 7.76. The van der Waals surface area contributed by atoms with E-state index in [1.54, 1.807) is 11.6 Å². The highest BCUT2D eigenvalue weighted by Gasteiger charge is 2.12. The van der Waals surface area contributed by atoms with Gasteiger partial charge in [-0.15, -0.1) is 11.3 Å². The lowest BCUT2D eigenvalue weighted by Gasteiger charge is -2.08. The molecule has 0 radical (unpaired) electrons. The lowest BCUT2D eigenvalue weighted by molar-refractivity contribution is 0.0957. The van der Waals surface area contributed by atoms with Crippen molar-refractivity contribution in [1.29, 1.82) is 0 Å². The van der Waals surface area contributed by atoms with E-state index in [1.807, 2.05) is 24.4 Å². The minimum absolute atomic E-state index is 0.210. The van der Waals surface area contributed by atoms with Gasteiger partial charge in [-0.3, -0.25) is 9.59 Å². The van der Waals surface area contributed by atoms with E-state index < -0.39 is 5.91 Å². The molecule has 7 heteroatoms. The van der Waals surface area contributed by atoms with Crippen molar-refractivity contribution >= 4 is 23.2 Å². The van der Waals surface area contributed by atoms with Crippen LogP contribution in [-0.2, 0) is 13.0 Å². The maximum absolute atomic E-state index is 12.1. The second-order valence-corrected chi connectivity index (χ2v) is 6.44. The first kappa shape index (κ1) is 16.9. The van der Waals surface area contributed by atoms with Crippen molar-refractivity contribution in [3.05, 3.63) is 76.0 Å². The Bertz CT molecular complexity index is 870. The summed E-state index contributed by atoms with van der Waals surface area (Å²) in [6.07, 6.45) is 4.32. The number of nitrogens with zero attached hydrogens (tertiary/aromatic N) is 2. The number of thiophene rings is 1. The van der Waals surface area contributed by atoms with E-state index in [9.17, 15) is 9.59 Å². The van der Waals surface area contributed by atoms with Crippen molar-refractivity contribution in [3.63, 3.8) is 0 Å². The molecule has 0 bridgehead atoms. The van der Waals surface area contributed by atoms with E-state index in [2.05, 4.69) is 27.0 Å². The van der Waals surface area contributed by atoms with Crippen LogP contribution < -0.4 is 11.1 Å². The SMILES string of the molecule is NC(=O)c1csc(C(=O)NCCc2nccn2Cc2ccccc2)c1. The van der Waals surface area contributed by atoms with Gasteiger partial charge in [0.2, 0.25) is 5.91 Å². The maximum atomic E-state index is 12.1. The Morgan fingerprint density at radius 3 is 2.76 bits per heavy atom. The minimum atomic E-state index is -0.529. The number of nitrogens with one attached hydrogen (secondary N) is 1. The number of rotatable bonds is 7. The zero-order valence-corrected chi connectivity index (χ0v) is 14.3. The normalized spacial score (nSPS) is 10.6. The van der Waals surface area contributed by atoms with E-state index in [0.717, 1.165) is 12.4 Å². The van der Waals surface area contributed by atoms with Gasteiger partial charge in [0.1, 0.15) is 5.82 Å². The second-order valence-electron chi connectivity index (χ2n) is 5.53. The molecule has 0 aliphatic rings. The average molecular weight is 354 g/mol. The van der Waals surface area contributed by atoms with Crippen LogP contribution in [-0.4, -0.2) is 27.9 Å². The Morgan fingerprint density at radius 1 is 1.24 bits per heavy atom. The van der Waals surface area contributed by atoms with Crippen LogP contribution in [0.2, 0.25) is 0 Å². The molecule has 2 amide bonds. The first-order valence-electron chi connectivity index (χ1n) is 7.84. The number of nitrogens with two attached hydrogens (primary N) is 1. The molecular weight excluding hydrogens is 336 g/mol. The number of hydrogen-bond acceptors (Lipinski definition) is 4. The lowest BCUT2D eigenvalue weighted by atomic mass is 10.2. The molecule has 0 saturated heterocycles. The summed E-state index contributed by atoms with van der Waals surface area (Å²) < 4.78 is 2.07. The van der Waals surface area contributed by atoms with Crippen LogP contribution in [0.4, 0.5) is 0 Å².